The Morgan fingerprint density at radius 3 is 2.64 bits per heavy atom. The lowest BCUT2D eigenvalue weighted by molar-refractivity contribution is 0.0168. The minimum atomic E-state index is -0.922. The molecule has 1 rings (SSSR count). The number of aliphatic hydroxyl groups excluding tert-OH is 2. The molecule has 1 heterocycles. The highest BCUT2D eigenvalue weighted by Crippen LogP contribution is 2.19. The number of halogens is 2. The van der Waals surface area contributed by atoms with Crippen molar-refractivity contribution in [3.8, 4) is 0 Å². The summed E-state index contributed by atoms with van der Waals surface area (Å²) in [6, 6.07) is 3.42. The van der Waals surface area contributed by atoms with Crippen LogP contribution in [0.4, 0.5) is 0 Å². The second-order valence-corrected chi connectivity index (χ2v) is 4.09. The molecule has 0 aliphatic heterocycles. The number of rotatable bonds is 4. The molecule has 1 aromatic rings. The van der Waals surface area contributed by atoms with Gasteiger partial charge in [0.25, 0.3) is 0 Å². The van der Waals surface area contributed by atoms with Crippen molar-refractivity contribution in [2.75, 3.05) is 5.88 Å². The zero-order valence-electron chi connectivity index (χ0n) is 7.40. The van der Waals surface area contributed by atoms with Crippen molar-refractivity contribution in [1.82, 2.24) is 4.98 Å². The van der Waals surface area contributed by atoms with Crippen LogP contribution in [0, 0.1) is 0 Å². The topological polar surface area (TPSA) is 53.4 Å². The van der Waals surface area contributed by atoms with E-state index in [0.717, 1.165) is 0 Å². The Labute approximate surface area is 95.9 Å². The maximum atomic E-state index is 9.65. The van der Waals surface area contributed by atoms with Crippen LogP contribution >= 0.6 is 27.5 Å². The molecule has 3 nitrogen and oxygen atoms in total. The predicted octanol–water partition coefficient (Wildman–Crippen LogP) is 1.87. The normalized spacial score (nSPS) is 15.1. The van der Waals surface area contributed by atoms with E-state index < -0.39 is 12.2 Å². The number of hydrogen-bond donors (Lipinski definition) is 2. The largest absolute Gasteiger partial charge is 0.390 e. The van der Waals surface area contributed by atoms with Crippen LogP contribution in [0.5, 0.6) is 0 Å². The minimum Gasteiger partial charge on any atom is -0.390 e. The third-order valence-electron chi connectivity index (χ3n) is 1.86. The maximum absolute atomic E-state index is 9.65. The Morgan fingerprint density at radius 2 is 2.14 bits per heavy atom. The van der Waals surface area contributed by atoms with E-state index in [1.54, 1.807) is 12.1 Å². The summed E-state index contributed by atoms with van der Waals surface area (Å²) < 4.78 is 0.695. The molecule has 0 saturated carbocycles. The molecule has 5 heteroatoms. The first-order valence-corrected chi connectivity index (χ1v) is 5.51. The van der Waals surface area contributed by atoms with E-state index in [1.165, 1.54) is 6.20 Å². The lowest BCUT2D eigenvalue weighted by Crippen LogP contribution is -2.18. The molecule has 78 valence electrons. The number of alkyl halides is 1. The van der Waals surface area contributed by atoms with E-state index in [4.69, 9.17) is 11.6 Å². The average Bonchev–Trinajstić information content (AvgIpc) is 2.18. The molecular weight excluding hydrogens is 269 g/mol. The van der Waals surface area contributed by atoms with Crippen molar-refractivity contribution in [2.24, 2.45) is 0 Å². The number of hydrogen-bond acceptors (Lipinski definition) is 3. The summed E-state index contributed by atoms with van der Waals surface area (Å²) in [4.78, 5) is 3.96. The van der Waals surface area contributed by atoms with Gasteiger partial charge < -0.3 is 10.2 Å². The second kappa shape index (κ2) is 5.66. The van der Waals surface area contributed by atoms with Gasteiger partial charge in [-0.1, -0.05) is 6.07 Å². The van der Waals surface area contributed by atoms with Gasteiger partial charge in [-0.2, -0.15) is 0 Å². The van der Waals surface area contributed by atoms with E-state index in [-0.39, 0.29) is 0 Å². The first-order chi connectivity index (χ1) is 6.65. The molecule has 0 bridgehead atoms. The molecular formula is C9H11BrClNO2. The Balaban J connectivity index is 2.68. The van der Waals surface area contributed by atoms with Crippen molar-refractivity contribution in [1.29, 1.82) is 0 Å². The first kappa shape index (κ1) is 11.9. The van der Waals surface area contributed by atoms with Gasteiger partial charge in [-0.15, -0.1) is 11.6 Å². The fraction of sp³-hybridized carbons (Fsp3) is 0.444. The van der Waals surface area contributed by atoms with E-state index in [0.29, 0.717) is 22.5 Å². The predicted molar refractivity (Wildman–Crippen MR) is 58.2 cm³/mol. The van der Waals surface area contributed by atoms with E-state index in [9.17, 15) is 10.2 Å². The lowest BCUT2D eigenvalue weighted by Gasteiger charge is -2.16. The van der Waals surface area contributed by atoms with Crippen LogP contribution in [0.2, 0.25) is 0 Å². The van der Waals surface area contributed by atoms with Crippen molar-refractivity contribution < 1.29 is 10.2 Å². The molecule has 1 aromatic heterocycles. The summed E-state index contributed by atoms with van der Waals surface area (Å²) in [5.74, 6) is 0.322. The molecule has 2 unspecified atom stereocenters. The number of aromatic nitrogens is 1. The van der Waals surface area contributed by atoms with Gasteiger partial charge in [0.15, 0.2) is 0 Å². The van der Waals surface area contributed by atoms with Crippen LogP contribution in [0.1, 0.15) is 18.1 Å². The van der Waals surface area contributed by atoms with Gasteiger partial charge in [-0.25, -0.2) is 4.98 Å². The third kappa shape index (κ3) is 3.20. The lowest BCUT2D eigenvalue weighted by atomic mass is 10.1. The maximum Gasteiger partial charge on any atom is 0.106 e. The molecule has 0 aliphatic rings. The van der Waals surface area contributed by atoms with Gasteiger partial charge in [0.2, 0.25) is 0 Å². The summed E-state index contributed by atoms with van der Waals surface area (Å²) in [6.07, 6.45) is 0.121. The van der Waals surface area contributed by atoms with Gasteiger partial charge in [-0.3, -0.25) is 0 Å². The molecule has 0 radical (unpaired) electrons. The Morgan fingerprint density at radius 1 is 1.43 bits per heavy atom. The molecule has 2 atom stereocenters. The van der Waals surface area contributed by atoms with Gasteiger partial charge in [0, 0.05) is 17.6 Å². The van der Waals surface area contributed by atoms with Crippen molar-refractivity contribution in [2.45, 2.75) is 18.6 Å². The van der Waals surface area contributed by atoms with Gasteiger partial charge >= 0.3 is 0 Å². The van der Waals surface area contributed by atoms with Crippen molar-refractivity contribution in [3.63, 3.8) is 0 Å². The standard InChI is InChI=1S/C9H11BrClNO2/c10-8-2-1-6(5-12-8)9(14)7(13)3-4-11/h1-2,5,7,9,13-14H,3-4H2. The zero-order valence-corrected chi connectivity index (χ0v) is 9.74. The molecule has 0 fully saturated rings. The SMILES string of the molecule is OC(CCCl)C(O)c1ccc(Br)nc1. The summed E-state index contributed by atoms with van der Waals surface area (Å²) in [6.45, 7) is 0. The number of nitrogens with zero attached hydrogens (tertiary/aromatic N) is 1. The van der Waals surface area contributed by atoms with Gasteiger partial charge in [0.1, 0.15) is 10.7 Å². The molecule has 0 amide bonds. The highest BCUT2D eigenvalue weighted by Gasteiger charge is 2.17. The molecule has 0 aliphatic carbocycles. The van der Waals surface area contributed by atoms with Crippen LogP contribution in [0.3, 0.4) is 0 Å². The number of aliphatic hydroxyl groups is 2. The highest BCUT2D eigenvalue weighted by molar-refractivity contribution is 9.10. The molecule has 0 aromatic carbocycles. The quantitative estimate of drug-likeness (QED) is 0.654. The van der Waals surface area contributed by atoms with Crippen LogP contribution in [0.15, 0.2) is 22.9 Å². The first-order valence-electron chi connectivity index (χ1n) is 4.18. The summed E-state index contributed by atoms with van der Waals surface area (Å²) >= 11 is 8.64. The fourth-order valence-electron chi connectivity index (χ4n) is 1.05. The van der Waals surface area contributed by atoms with Gasteiger partial charge in [0.05, 0.1) is 6.10 Å². The second-order valence-electron chi connectivity index (χ2n) is 2.90. The molecule has 14 heavy (non-hydrogen) atoms. The number of pyridine rings is 1. The van der Waals surface area contributed by atoms with Crippen LogP contribution in [-0.2, 0) is 0 Å². The summed E-state index contributed by atoms with van der Waals surface area (Å²) in [5.41, 5.74) is 0.589. The van der Waals surface area contributed by atoms with Crippen LogP contribution < -0.4 is 0 Å². The molecule has 2 N–H and O–H groups in total. The van der Waals surface area contributed by atoms with E-state index in [1.807, 2.05) is 0 Å². The summed E-state index contributed by atoms with van der Waals surface area (Å²) in [7, 11) is 0. The third-order valence-corrected chi connectivity index (χ3v) is 2.55. The van der Waals surface area contributed by atoms with E-state index in [2.05, 4.69) is 20.9 Å². The molecule has 0 saturated heterocycles. The monoisotopic (exact) mass is 279 g/mol. The van der Waals surface area contributed by atoms with Crippen molar-refractivity contribution >= 4 is 27.5 Å². The average molecular weight is 281 g/mol. The fourth-order valence-corrected chi connectivity index (χ4v) is 1.51. The van der Waals surface area contributed by atoms with Crippen molar-refractivity contribution in [3.05, 3.63) is 28.5 Å². The Hall–Kier alpha value is -0.160. The zero-order chi connectivity index (χ0) is 10.6. The summed E-state index contributed by atoms with van der Waals surface area (Å²) in [5, 5.41) is 19.1. The van der Waals surface area contributed by atoms with Crippen LogP contribution in [0.25, 0.3) is 0 Å². The minimum absolute atomic E-state index is 0.322. The van der Waals surface area contributed by atoms with Crippen LogP contribution in [-0.4, -0.2) is 27.2 Å². The Bertz CT molecular complexity index is 281. The Kier molecular flexibility index (Phi) is 4.81. The molecule has 0 spiro atoms. The van der Waals surface area contributed by atoms with E-state index >= 15 is 0 Å². The highest BCUT2D eigenvalue weighted by atomic mass is 79.9. The smallest absolute Gasteiger partial charge is 0.106 e. The van der Waals surface area contributed by atoms with Gasteiger partial charge in [-0.05, 0) is 28.4 Å².